The number of nitrogens with two attached hydrogens (primary N) is 1. The average molecular weight is 1220 g/mol. The molecule has 20 nitrogen and oxygen atoms in total. The van der Waals surface area contributed by atoms with Gasteiger partial charge in [0.1, 0.15) is 32.7 Å². The van der Waals surface area contributed by atoms with Gasteiger partial charge in [0.05, 0.1) is 56.4 Å². The van der Waals surface area contributed by atoms with Crippen LogP contribution in [-0.4, -0.2) is 154 Å². The van der Waals surface area contributed by atoms with Gasteiger partial charge < -0.3 is 45.3 Å². The average Bonchev–Trinajstić information content (AvgIpc) is 1.74. The Morgan fingerprint density at radius 3 is 1.03 bits per heavy atom. The van der Waals surface area contributed by atoms with Crippen LogP contribution in [-0.2, 0) is 38.4 Å². The molecule has 6 aromatic carbocycles. The number of nitrogens with zero attached hydrogens (tertiary/aromatic N) is 10. The van der Waals surface area contributed by atoms with Crippen molar-refractivity contribution < 1.29 is 38.4 Å². The Kier molecular flexibility index (Phi) is 26.9. The summed E-state index contributed by atoms with van der Waals surface area (Å²) < 4.78 is 0. The molecule has 0 unspecified atom stereocenters. The molecule has 0 saturated carbocycles. The lowest BCUT2D eigenvalue weighted by Gasteiger charge is -2.38. The smallest absolute Gasteiger partial charge is 0.243 e. The van der Waals surface area contributed by atoms with Gasteiger partial charge in [-0.3, -0.25) is 38.4 Å². The van der Waals surface area contributed by atoms with Gasteiger partial charge in [-0.1, -0.05) is 193 Å². The molecule has 20 heteroatoms. The number of hydrogen-bond donors (Lipinski definition) is 2. The predicted octanol–water partition coefficient (Wildman–Crippen LogP) is 8.76. The van der Waals surface area contributed by atoms with Crippen molar-refractivity contribution >= 4 is 47.3 Å². The molecule has 6 atom stereocenters. The van der Waals surface area contributed by atoms with Crippen molar-refractivity contribution in [1.29, 1.82) is 0 Å². The van der Waals surface area contributed by atoms with Crippen molar-refractivity contribution in [1.82, 2.24) is 39.6 Å². The molecule has 6 aromatic rings. The predicted molar refractivity (Wildman–Crippen MR) is 346 cm³/mol. The molecule has 470 valence electrons. The first-order valence-corrected chi connectivity index (χ1v) is 30.1. The number of terminal acetylenes is 1. The van der Waals surface area contributed by atoms with Crippen LogP contribution < -0.4 is 11.1 Å². The highest BCUT2D eigenvalue weighted by Gasteiger charge is 2.37. The molecule has 0 aliphatic carbocycles. The van der Waals surface area contributed by atoms with Crippen LogP contribution in [0.15, 0.2) is 187 Å². The summed E-state index contributed by atoms with van der Waals surface area (Å²) in [7, 11) is 0. The molecular formula is C70H82N12O8. The number of azide groups is 1. The molecule has 6 rings (SSSR count). The van der Waals surface area contributed by atoms with Gasteiger partial charge in [0.25, 0.3) is 0 Å². The Balaban J connectivity index is 1.35. The van der Waals surface area contributed by atoms with E-state index >= 15 is 14.4 Å². The Bertz CT molecular complexity index is 3410. The van der Waals surface area contributed by atoms with Crippen LogP contribution in [0.2, 0.25) is 0 Å². The number of hydrogen-bond acceptors (Lipinski definition) is 10. The summed E-state index contributed by atoms with van der Waals surface area (Å²) in [5.41, 5.74) is 19.1. The van der Waals surface area contributed by atoms with E-state index in [1.54, 1.807) is 95.3 Å². The van der Waals surface area contributed by atoms with Crippen LogP contribution >= 0.6 is 0 Å². The molecule has 0 aromatic heterocycles. The molecule has 8 amide bonds. The van der Waals surface area contributed by atoms with Crippen LogP contribution in [0.5, 0.6) is 0 Å². The van der Waals surface area contributed by atoms with Crippen LogP contribution in [0.3, 0.4) is 0 Å². The lowest BCUT2D eigenvalue weighted by atomic mass is 10.0. The van der Waals surface area contributed by atoms with Gasteiger partial charge in [0.15, 0.2) is 0 Å². The molecule has 3 N–H and O–H groups in total. The number of rotatable bonds is 33. The molecule has 0 aliphatic heterocycles. The third-order valence-corrected chi connectivity index (χ3v) is 16.1. The highest BCUT2D eigenvalue weighted by molar-refractivity contribution is 5.94. The van der Waals surface area contributed by atoms with E-state index in [1.807, 2.05) is 128 Å². The Morgan fingerprint density at radius 2 is 0.722 bits per heavy atom. The van der Waals surface area contributed by atoms with Crippen molar-refractivity contribution in [2.24, 2.45) is 10.8 Å². The van der Waals surface area contributed by atoms with Crippen molar-refractivity contribution in [2.75, 3.05) is 72.0 Å². The first kappa shape index (κ1) is 69.0. The minimum absolute atomic E-state index is 0.0143. The standard InChI is InChI=1S/C70H82N12O8/c1-8-41-76(64(84)43-73-51(2)57-28-15-9-16-29-57)45-67(87)80(54(5)60-34-21-12-22-35-60)48-69(89)82(56(7)62-38-25-14-26-39-62)50-70(90)81(55(6)61-36-23-13-24-37-61)49-68(88)79(53(4)59-32-19-11-20-33-59)47-65(85)77(42-27-40-74-75-72)46-66(86)78(44-63(71)83)52(3)58-30-17-10-18-31-58/h1,9-26,28-39,51-56,73H,27,40-50H2,2-7H3,(H2,71,83)/t51-,52-,53-,54-,55-,56-/m0/s1. The lowest BCUT2D eigenvalue weighted by molar-refractivity contribution is -0.151. The Labute approximate surface area is 528 Å². The molecule has 0 radical (unpaired) electrons. The highest BCUT2D eigenvalue weighted by Crippen LogP contribution is 2.29. The van der Waals surface area contributed by atoms with Gasteiger partial charge in [0, 0.05) is 24.0 Å². The van der Waals surface area contributed by atoms with E-state index in [1.165, 1.54) is 34.3 Å². The van der Waals surface area contributed by atoms with E-state index in [4.69, 9.17) is 17.7 Å². The summed E-state index contributed by atoms with van der Waals surface area (Å²) in [5.74, 6) is -2.43. The number of carbonyl (C=O) groups is 8. The third-order valence-electron chi connectivity index (χ3n) is 16.1. The SMILES string of the molecule is C#CCN(CC(=O)N(CC(=O)N(CC(=O)N(CC(=O)N(CC(=O)N(CCCN=[N+]=[N-])CC(=O)N(CC(N)=O)[C@@H](C)c1ccccc1)[C@@H](C)c1ccccc1)[C@@H](C)c1ccccc1)[C@@H](C)c1ccccc1)[C@@H](C)c1ccccc1)C(=O)CN[C@@H](C)c1ccccc1. The fraction of sp³-hybridized carbons (Fsp3) is 0.343. The van der Waals surface area contributed by atoms with Crippen molar-refractivity contribution in [3.8, 4) is 12.3 Å². The number of nitrogens with one attached hydrogen (secondary N) is 1. The van der Waals surface area contributed by atoms with Crippen LogP contribution in [0.25, 0.3) is 10.4 Å². The van der Waals surface area contributed by atoms with Crippen molar-refractivity contribution in [2.45, 2.75) is 84.2 Å². The zero-order valence-electron chi connectivity index (χ0n) is 52.2. The van der Waals surface area contributed by atoms with Crippen molar-refractivity contribution in [3.63, 3.8) is 0 Å². The summed E-state index contributed by atoms with van der Waals surface area (Å²) in [5, 5.41) is 6.86. The number of amides is 8. The summed E-state index contributed by atoms with van der Waals surface area (Å²) in [6.45, 7) is 6.59. The second-order valence-electron chi connectivity index (χ2n) is 22.1. The van der Waals surface area contributed by atoms with E-state index in [0.717, 1.165) is 5.56 Å². The molecule has 0 aliphatic rings. The molecule has 0 saturated heterocycles. The third kappa shape index (κ3) is 20.0. The first-order chi connectivity index (χ1) is 43.3. The summed E-state index contributed by atoms with van der Waals surface area (Å²) in [6, 6.07) is 50.9. The summed E-state index contributed by atoms with van der Waals surface area (Å²) >= 11 is 0. The van der Waals surface area contributed by atoms with Gasteiger partial charge in [-0.05, 0) is 86.9 Å². The topological polar surface area (TPSA) is 246 Å². The van der Waals surface area contributed by atoms with Crippen LogP contribution in [0.1, 0.15) is 118 Å². The van der Waals surface area contributed by atoms with Gasteiger partial charge >= 0.3 is 0 Å². The maximum atomic E-state index is 15.6. The van der Waals surface area contributed by atoms with Crippen molar-refractivity contribution in [3.05, 3.63) is 226 Å². The van der Waals surface area contributed by atoms with Gasteiger partial charge in [-0.25, -0.2) is 0 Å². The van der Waals surface area contributed by atoms with E-state index in [-0.39, 0.29) is 38.6 Å². The molecule has 0 fully saturated rings. The van der Waals surface area contributed by atoms with Gasteiger partial charge in [-0.2, -0.15) is 0 Å². The minimum atomic E-state index is -0.796. The number of benzene rings is 6. The Hall–Kier alpha value is -10.1. The Morgan fingerprint density at radius 1 is 0.433 bits per heavy atom. The summed E-state index contributed by atoms with van der Waals surface area (Å²) in [6.07, 6.45) is 5.95. The molecule has 0 bridgehead atoms. The van der Waals surface area contributed by atoms with E-state index in [0.29, 0.717) is 27.8 Å². The normalized spacial score (nSPS) is 12.8. The maximum absolute atomic E-state index is 15.6. The summed E-state index contributed by atoms with van der Waals surface area (Å²) in [4.78, 5) is 129. The van der Waals surface area contributed by atoms with Gasteiger partial charge in [-0.15, -0.1) is 6.42 Å². The number of primary amides is 1. The minimum Gasteiger partial charge on any atom is -0.368 e. The van der Waals surface area contributed by atoms with Crippen LogP contribution in [0, 0.1) is 12.3 Å². The zero-order chi connectivity index (χ0) is 65.1. The second kappa shape index (κ2) is 35.0. The quantitative estimate of drug-likeness (QED) is 0.0131. The molecule has 0 heterocycles. The monoisotopic (exact) mass is 1220 g/mol. The van der Waals surface area contributed by atoms with Crippen LogP contribution in [0.4, 0.5) is 0 Å². The van der Waals surface area contributed by atoms with E-state index in [2.05, 4.69) is 21.3 Å². The fourth-order valence-corrected chi connectivity index (χ4v) is 10.6. The lowest BCUT2D eigenvalue weighted by Crippen LogP contribution is -2.53. The molecule has 90 heavy (non-hydrogen) atoms. The maximum Gasteiger partial charge on any atom is 0.243 e. The van der Waals surface area contributed by atoms with E-state index in [9.17, 15) is 24.0 Å². The highest BCUT2D eigenvalue weighted by atomic mass is 16.2. The second-order valence-corrected chi connectivity index (χ2v) is 22.1. The largest absolute Gasteiger partial charge is 0.368 e. The number of carbonyl (C=O) groups excluding carboxylic acids is 8. The zero-order valence-corrected chi connectivity index (χ0v) is 52.2. The molecule has 0 spiro atoms. The fourth-order valence-electron chi connectivity index (χ4n) is 10.6. The first-order valence-electron chi connectivity index (χ1n) is 30.1. The van der Waals surface area contributed by atoms with Gasteiger partial charge in [0.2, 0.25) is 47.3 Å². The molecular weight excluding hydrogens is 1140 g/mol. The van der Waals surface area contributed by atoms with E-state index < -0.39 is 123 Å².